The third-order valence-corrected chi connectivity index (χ3v) is 4.59. The van der Waals surface area contributed by atoms with Crippen LogP contribution in [0.2, 0.25) is 0 Å². The van der Waals surface area contributed by atoms with Crippen LogP contribution < -0.4 is 16.0 Å². The Hall–Kier alpha value is -1.34. The molecule has 0 aromatic carbocycles. The lowest BCUT2D eigenvalue weighted by atomic mass is 10.1. The molecule has 1 unspecified atom stereocenters. The molecule has 7 heteroatoms. The zero-order valence-electron chi connectivity index (χ0n) is 11.8. The number of anilines is 2. The van der Waals surface area contributed by atoms with E-state index in [9.17, 15) is 4.79 Å². The molecule has 1 amide bonds. The number of hydrogen-bond donors (Lipinski definition) is 3. The van der Waals surface area contributed by atoms with E-state index in [0.717, 1.165) is 18.2 Å². The first-order valence-corrected chi connectivity index (χ1v) is 7.83. The number of hydrogen-bond acceptors (Lipinski definition) is 6. The van der Waals surface area contributed by atoms with E-state index < -0.39 is 0 Å². The highest BCUT2D eigenvalue weighted by molar-refractivity contribution is 7.18. The molecule has 1 aromatic heterocycles. The van der Waals surface area contributed by atoms with Gasteiger partial charge < -0.3 is 21.1 Å². The lowest BCUT2D eigenvalue weighted by Crippen LogP contribution is -2.28. The van der Waals surface area contributed by atoms with Gasteiger partial charge in [-0.25, -0.2) is 4.98 Å². The third-order valence-electron chi connectivity index (χ3n) is 3.46. The molecule has 1 saturated heterocycles. The van der Waals surface area contributed by atoms with Crippen molar-refractivity contribution in [2.24, 2.45) is 5.92 Å². The van der Waals surface area contributed by atoms with Crippen molar-refractivity contribution in [3.63, 3.8) is 0 Å². The normalized spacial score (nSPS) is 16.4. The van der Waals surface area contributed by atoms with Crippen molar-refractivity contribution in [2.75, 3.05) is 36.9 Å². The number of nitrogens with two attached hydrogens (primary N) is 1. The maximum absolute atomic E-state index is 12.1. The molecular formula is C13H22N4O2S. The zero-order chi connectivity index (χ0) is 14.5. The van der Waals surface area contributed by atoms with Crippen molar-refractivity contribution in [3.8, 4) is 0 Å². The number of aliphatic hydroxyl groups excluding tert-OH is 1. The summed E-state index contributed by atoms with van der Waals surface area (Å²) in [6, 6.07) is 0. The Morgan fingerprint density at radius 2 is 2.25 bits per heavy atom. The summed E-state index contributed by atoms with van der Waals surface area (Å²) in [4.78, 5) is 19.1. The summed E-state index contributed by atoms with van der Waals surface area (Å²) in [7, 11) is 0. The summed E-state index contributed by atoms with van der Waals surface area (Å²) in [5.74, 6) is 0.385. The largest absolute Gasteiger partial charge is 0.396 e. The van der Waals surface area contributed by atoms with Crippen molar-refractivity contribution in [1.29, 1.82) is 0 Å². The predicted molar refractivity (Wildman–Crippen MR) is 81.2 cm³/mol. The van der Waals surface area contributed by atoms with Crippen LogP contribution in [0.1, 0.15) is 35.9 Å². The minimum atomic E-state index is -0.171. The number of carbonyl (C=O) groups excluding carboxylic acids is 1. The fourth-order valence-corrected chi connectivity index (χ4v) is 3.15. The number of nitrogen functional groups attached to an aromatic ring is 1. The maximum atomic E-state index is 12.1. The van der Waals surface area contributed by atoms with E-state index in [1.165, 1.54) is 24.2 Å². The number of nitrogens with one attached hydrogen (secondary N) is 1. The lowest BCUT2D eigenvalue weighted by molar-refractivity contribution is 0.0950. The molecule has 112 valence electrons. The van der Waals surface area contributed by atoms with Gasteiger partial charge >= 0.3 is 0 Å². The standard InChI is InChI=1S/C13H22N4O2S/c1-9(4-7-18)8-15-12(19)10-11(14)16-13(20-10)17-5-2-3-6-17/h9,18H,2-8,14H2,1H3,(H,15,19). The summed E-state index contributed by atoms with van der Waals surface area (Å²) >= 11 is 1.36. The number of aliphatic hydroxyl groups is 1. The molecule has 2 heterocycles. The van der Waals surface area contributed by atoms with Crippen LogP contribution in [0.5, 0.6) is 0 Å². The fraction of sp³-hybridized carbons (Fsp3) is 0.692. The van der Waals surface area contributed by atoms with Gasteiger partial charge in [0.25, 0.3) is 5.91 Å². The summed E-state index contributed by atoms with van der Waals surface area (Å²) in [6.07, 6.45) is 3.01. The van der Waals surface area contributed by atoms with Crippen LogP contribution in [0.3, 0.4) is 0 Å². The smallest absolute Gasteiger partial charge is 0.265 e. The molecule has 1 aromatic rings. The Labute approximate surface area is 123 Å². The van der Waals surface area contributed by atoms with Crippen molar-refractivity contribution >= 4 is 28.2 Å². The van der Waals surface area contributed by atoms with Crippen LogP contribution in [-0.4, -0.2) is 42.2 Å². The Bertz CT molecular complexity index is 457. The highest BCUT2D eigenvalue weighted by Crippen LogP contribution is 2.30. The molecular weight excluding hydrogens is 276 g/mol. The lowest BCUT2D eigenvalue weighted by Gasteiger charge is -2.12. The number of rotatable bonds is 6. The molecule has 0 aliphatic carbocycles. The van der Waals surface area contributed by atoms with Crippen LogP contribution in [0.25, 0.3) is 0 Å². The van der Waals surface area contributed by atoms with Crippen LogP contribution in [0.15, 0.2) is 0 Å². The molecule has 0 spiro atoms. The summed E-state index contributed by atoms with van der Waals surface area (Å²) in [5, 5.41) is 12.5. The molecule has 1 fully saturated rings. The first-order valence-electron chi connectivity index (χ1n) is 7.02. The van der Waals surface area contributed by atoms with Crippen molar-refractivity contribution in [2.45, 2.75) is 26.2 Å². The number of carbonyl (C=O) groups is 1. The molecule has 0 bridgehead atoms. The van der Waals surface area contributed by atoms with E-state index in [1.54, 1.807) is 0 Å². The van der Waals surface area contributed by atoms with Gasteiger partial charge in [0, 0.05) is 26.2 Å². The second-order valence-electron chi connectivity index (χ2n) is 5.23. The van der Waals surface area contributed by atoms with Crippen LogP contribution >= 0.6 is 11.3 Å². The zero-order valence-corrected chi connectivity index (χ0v) is 12.6. The van der Waals surface area contributed by atoms with Gasteiger partial charge in [-0.15, -0.1) is 0 Å². The second-order valence-corrected chi connectivity index (χ2v) is 6.21. The third kappa shape index (κ3) is 3.61. The van der Waals surface area contributed by atoms with Gasteiger partial charge in [0.15, 0.2) is 5.13 Å². The van der Waals surface area contributed by atoms with Crippen LogP contribution in [-0.2, 0) is 0 Å². The van der Waals surface area contributed by atoms with Gasteiger partial charge in [-0.3, -0.25) is 4.79 Å². The Morgan fingerprint density at radius 3 is 2.90 bits per heavy atom. The summed E-state index contributed by atoms with van der Waals surface area (Å²) in [6.45, 7) is 4.64. The highest BCUT2D eigenvalue weighted by atomic mass is 32.1. The Balaban J connectivity index is 1.95. The van der Waals surface area contributed by atoms with Gasteiger partial charge in [0.05, 0.1) is 0 Å². The first-order chi connectivity index (χ1) is 9.61. The molecule has 1 aliphatic heterocycles. The monoisotopic (exact) mass is 298 g/mol. The molecule has 0 saturated carbocycles. The van der Waals surface area contributed by atoms with Crippen molar-refractivity contribution in [1.82, 2.24) is 10.3 Å². The fourth-order valence-electron chi connectivity index (χ4n) is 2.20. The SMILES string of the molecule is CC(CCO)CNC(=O)c1sc(N2CCCC2)nc1N. The second kappa shape index (κ2) is 6.90. The molecule has 2 rings (SSSR count). The first kappa shape index (κ1) is 15.1. The molecule has 0 radical (unpaired) electrons. The van der Waals surface area contributed by atoms with E-state index in [4.69, 9.17) is 10.8 Å². The van der Waals surface area contributed by atoms with Crippen molar-refractivity contribution in [3.05, 3.63) is 4.88 Å². The minimum absolute atomic E-state index is 0.138. The summed E-state index contributed by atoms with van der Waals surface area (Å²) < 4.78 is 0. The number of amides is 1. The Morgan fingerprint density at radius 1 is 1.55 bits per heavy atom. The quantitative estimate of drug-likeness (QED) is 0.731. The van der Waals surface area contributed by atoms with E-state index >= 15 is 0 Å². The average Bonchev–Trinajstić information content (AvgIpc) is 3.05. The van der Waals surface area contributed by atoms with Gasteiger partial charge in [0.1, 0.15) is 10.7 Å². The van der Waals surface area contributed by atoms with Gasteiger partial charge in [-0.2, -0.15) is 0 Å². The van der Waals surface area contributed by atoms with Gasteiger partial charge in [0.2, 0.25) is 0 Å². The molecule has 1 atom stereocenters. The molecule has 6 nitrogen and oxygen atoms in total. The number of aromatic nitrogens is 1. The van der Waals surface area contributed by atoms with Gasteiger partial charge in [-0.05, 0) is 25.2 Å². The number of thiazole rings is 1. The molecule has 1 aliphatic rings. The molecule has 20 heavy (non-hydrogen) atoms. The highest BCUT2D eigenvalue weighted by Gasteiger charge is 2.21. The molecule has 4 N–H and O–H groups in total. The van der Waals surface area contributed by atoms with Crippen LogP contribution in [0, 0.1) is 5.92 Å². The van der Waals surface area contributed by atoms with E-state index in [2.05, 4.69) is 15.2 Å². The topological polar surface area (TPSA) is 91.5 Å². The van der Waals surface area contributed by atoms with Gasteiger partial charge in [-0.1, -0.05) is 18.3 Å². The predicted octanol–water partition coefficient (Wildman–Crippen LogP) is 1.07. The Kier molecular flexibility index (Phi) is 5.19. The van der Waals surface area contributed by atoms with E-state index in [1.807, 2.05) is 6.92 Å². The van der Waals surface area contributed by atoms with E-state index in [-0.39, 0.29) is 18.4 Å². The average molecular weight is 298 g/mol. The van der Waals surface area contributed by atoms with Crippen molar-refractivity contribution < 1.29 is 9.90 Å². The maximum Gasteiger partial charge on any atom is 0.265 e. The number of nitrogens with zero attached hydrogens (tertiary/aromatic N) is 2. The van der Waals surface area contributed by atoms with E-state index in [0.29, 0.717) is 23.7 Å². The van der Waals surface area contributed by atoms with Crippen LogP contribution in [0.4, 0.5) is 10.9 Å². The minimum Gasteiger partial charge on any atom is -0.396 e. The summed E-state index contributed by atoms with van der Waals surface area (Å²) in [5.41, 5.74) is 5.85.